The Morgan fingerprint density at radius 2 is 1.93 bits per heavy atom. The summed E-state index contributed by atoms with van der Waals surface area (Å²) in [5.74, 6) is 0. The van der Waals surface area contributed by atoms with E-state index in [0.717, 1.165) is 13.0 Å². The Morgan fingerprint density at radius 3 is 2.40 bits per heavy atom. The summed E-state index contributed by atoms with van der Waals surface area (Å²) < 4.78 is 0. The minimum Gasteiger partial charge on any atom is -0.248 e. The molecule has 2 nitrogen and oxygen atoms in total. The number of hydrogen-bond donors (Lipinski definition) is 0. The zero-order valence-electron chi connectivity index (χ0n) is 10.5. The van der Waals surface area contributed by atoms with Crippen molar-refractivity contribution >= 4 is 0 Å². The standard InChI is InChI=1S/C13H24N2/c1-6-9-13(10-7-2)11-8-12-15(5)14(3)4/h6,8-9,11H,1,7,10,12H2,2-5H3/b11-8-,13-9-. The molecular weight excluding hydrogens is 184 g/mol. The molecular formula is C13H24N2. The molecule has 15 heavy (non-hydrogen) atoms. The largest absolute Gasteiger partial charge is 0.248 e. The van der Waals surface area contributed by atoms with Crippen LogP contribution in [0.5, 0.6) is 0 Å². The second-order valence-electron chi connectivity index (χ2n) is 3.82. The molecule has 0 aromatic carbocycles. The average Bonchev–Trinajstić information content (AvgIpc) is 2.18. The van der Waals surface area contributed by atoms with Gasteiger partial charge in [-0.25, -0.2) is 10.0 Å². The second-order valence-corrected chi connectivity index (χ2v) is 3.82. The van der Waals surface area contributed by atoms with Gasteiger partial charge in [-0.15, -0.1) is 0 Å². The molecule has 0 fully saturated rings. The van der Waals surface area contributed by atoms with Crippen molar-refractivity contribution in [1.29, 1.82) is 0 Å². The van der Waals surface area contributed by atoms with Crippen LogP contribution in [-0.4, -0.2) is 37.7 Å². The van der Waals surface area contributed by atoms with E-state index >= 15 is 0 Å². The van der Waals surface area contributed by atoms with Crippen LogP contribution in [0.2, 0.25) is 0 Å². The highest BCUT2D eigenvalue weighted by atomic mass is 15.6. The third-order valence-electron chi connectivity index (χ3n) is 2.26. The molecule has 86 valence electrons. The molecule has 0 aliphatic heterocycles. The van der Waals surface area contributed by atoms with Gasteiger partial charge < -0.3 is 0 Å². The molecule has 2 heteroatoms. The van der Waals surface area contributed by atoms with Gasteiger partial charge in [-0.2, -0.15) is 0 Å². The number of rotatable bonds is 7. The summed E-state index contributed by atoms with van der Waals surface area (Å²) in [6, 6.07) is 0. The number of allylic oxidation sites excluding steroid dienone is 4. The number of hydrogen-bond acceptors (Lipinski definition) is 2. The van der Waals surface area contributed by atoms with E-state index in [2.05, 4.69) is 48.8 Å². The highest BCUT2D eigenvalue weighted by Gasteiger charge is 1.96. The van der Waals surface area contributed by atoms with Crippen molar-refractivity contribution in [2.75, 3.05) is 27.7 Å². The first-order chi connectivity index (χ1) is 7.11. The van der Waals surface area contributed by atoms with Gasteiger partial charge in [-0.1, -0.05) is 44.2 Å². The van der Waals surface area contributed by atoms with Crippen LogP contribution in [0.25, 0.3) is 0 Å². The topological polar surface area (TPSA) is 6.48 Å². The van der Waals surface area contributed by atoms with Crippen LogP contribution in [0.15, 0.2) is 36.5 Å². The van der Waals surface area contributed by atoms with E-state index in [9.17, 15) is 0 Å². The molecule has 0 unspecified atom stereocenters. The van der Waals surface area contributed by atoms with Crippen LogP contribution < -0.4 is 0 Å². The quantitative estimate of drug-likeness (QED) is 0.469. The minimum absolute atomic E-state index is 0.936. The summed E-state index contributed by atoms with van der Waals surface area (Å²) in [5.41, 5.74) is 1.35. The van der Waals surface area contributed by atoms with E-state index in [4.69, 9.17) is 0 Å². The van der Waals surface area contributed by atoms with Crippen LogP contribution in [0.4, 0.5) is 0 Å². The molecule has 0 spiro atoms. The molecule has 0 aliphatic carbocycles. The van der Waals surface area contributed by atoms with Gasteiger partial charge in [0.15, 0.2) is 0 Å². The van der Waals surface area contributed by atoms with E-state index in [1.165, 1.54) is 12.0 Å². The van der Waals surface area contributed by atoms with Gasteiger partial charge in [0.1, 0.15) is 0 Å². The van der Waals surface area contributed by atoms with Gasteiger partial charge in [0.2, 0.25) is 0 Å². The predicted molar refractivity (Wildman–Crippen MR) is 68.6 cm³/mol. The molecule has 0 amide bonds. The van der Waals surface area contributed by atoms with E-state index in [1.54, 1.807) is 0 Å². The first-order valence-electron chi connectivity index (χ1n) is 5.48. The maximum absolute atomic E-state index is 3.73. The summed E-state index contributed by atoms with van der Waals surface area (Å²) in [7, 11) is 6.15. The summed E-state index contributed by atoms with van der Waals surface area (Å²) in [5, 5.41) is 4.22. The highest BCUT2D eigenvalue weighted by Crippen LogP contribution is 2.06. The van der Waals surface area contributed by atoms with Crippen molar-refractivity contribution in [2.24, 2.45) is 0 Å². The maximum Gasteiger partial charge on any atom is 0.0313 e. The van der Waals surface area contributed by atoms with Crippen LogP contribution in [0.3, 0.4) is 0 Å². The van der Waals surface area contributed by atoms with Crippen molar-refractivity contribution < 1.29 is 0 Å². The molecule has 0 N–H and O–H groups in total. The molecule has 0 aromatic rings. The Bertz CT molecular complexity index is 227. The third kappa shape index (κ3) is 7.11. The molecule has 0 saturated heterocycles. The summed E-state index contributed by atoms with van der Waals surface area (Å²) in [6.45, 7) is 6.85. The Balaban J connectivity index is 4.11. The minimum atomic E-state index is 0.936. The average molecular weight is 208 g/mol. The van der Waals surface area contributed by atoms with Crippen molar-refractivity contribution in [3.05, 3.63) is 36.5 Å². The van der Waals surface area contributed by atoms with Gasteiger partial charge >= 0.3 is 0 Å². The molecule has 0 heterocycles. The number of hydrazine groups is 1. The van der Waals surface area contributed by atoms with Gasteiger partial charge in [-0.3, -0.25) is 0 Å². The highest BCUT2D eigenvalue weighted by molar-refractivity contribution is 5.22. The Morgan fingerprint density at radius 1 is 1.27 bits per heavy atom. The second kappa shape index (κ2) is 8.45. The van der Waals surface area contributed by atoms with Crippen LogP contribution in [0, 0.1) is 0 Å². The fraction of sp³-hybridized carbons (Fsp3) is 0.538. The fourth-order valence-electron chi connectivity index (χ4n) is 1.18. The zero-order chi connectivity index (χ0) is 11.7. The molecule has 0 saturated carbocycles. The Hall–Kier alpha value is -0.860. The van der Waals surface area contributed by atoms with E-state index in [-0.39, 0.29) is 0 Å². The van der Waals surface area contributed by atoms with E-state index in [0.29, 0.717) is 0 Å². The fourth-order valence-corrected chi connectivity index (χ4v) is 1.18. The number of likely N-dealkylation sites (N-methyl/N-ethyl adjacent to an activating group) is 1. The van der Waals surface area contributed by atoms with Gasteiger partial charge in [0, 0.05) is 27.7 Å². The van der Waals surface area contributed by atoms with Crippen LogP contribution in [0.1, 0.15) is 19.8 Å². The van der Waals surface area contributed by atoms with E-state index < -0.39 is 0 Å². The van der Waals surface area contributed by atoms with Gasteiger partial charge in [-0.05, 0) is 12.0 Å². The SMILES string of the molecule is C=C/C=C(\C=C/CN(C)N(C)C)CCC. The third-order valence-corrected chi connectivity index (χ3v) is 2.26. The molecule has 0 aliphatic rings. The lowest BCUT2D eigenvalue weighted by atomic mass is 10.1. The monoisotopic (exact) mass is 208 g/mol. The molecule has 0 bridgehead atoms. The lowest BCUT2D eigenvalue weighted by Gasteiger charge is -2.22. The summed E-state index contributed by atoms with van der Waals surface area (Å²) >= 11 is 0. The summed E-state index contributed by atoms with van der Waals surface area (Å²) in [6.07, 6.45) is 10.6. The molecule has 0 aromatic heterocycles. The molecule has 0 atom stereocenters. The van der Waals surface area contributed by atoms with Crippen molar-refractivity contribution in [3.63, 3.8) is 0 Å². The first kappa shape index (κ1) is 14.1. The Labute approximate surface area is 94.5 Å². The van der Waals surface area contributed by atoms with Gasteiger partial charge in [0.25, 0.3) is 0 Å². The van der Waals surface area contributed by atoms with E-state index in [1.807, 2.05) is 20.2 Å². The van der Waals surface area contributed by atoms with Crippen molar-refractivity contribution in [3.8, 4) is 0 Å². The van der Waals surface area contributed by atoms with Crippen molar-refractivity contribution in [1.82, 2.24) is 10.0 Å². The molecule has 0 radical (unpaired) electrons. The number of nitrogens with zero attached hydrogens (tertiary/aromatic N) is 2. The molecule has 0 rings (SSSR count). The summed E-state index contributed by atoms with van der Waals surface area (Å²) in [4.78, 5) is 0. The van der Waals surface area contributed by atoms with Crippen LogP contribution >= 0.6 is 0 Å². The predicted octanol–water partition coefficient (Wildman–Crippen LogP) is 2.86. The zero-order valence-corrected chi connectivity index (χ0v) is 10.5. The lowest BCUT2D eigenvalue weighted by Crippen LogP contribution is -2.33. The normalized spacial score (nSPS) is 13.1. The smallest absolute Gasteiger partial charge is 0.0313 e. The van der Waals surface area contributed by atoms with Gasteiger partial charge in [0.05, 0.1) is 0 Å². The lowest BCUT2D eigenvalue weighted by molar-refractivity contribution is 0.0705. The van der Waals surface area contributed by atoms with Crippen LogP contribution in [-0.2, 0) is 0 Å². The van der Waals surface area contributed by atoms with Crippen molar-refractivity contribution in [2.45, 2.75) is 19.8 Å². The maximum atomic E-state index is 3.73. The Kier molecular flexibility index (Phi) is 7.96. The first-order valence-corrected chi connectivity index (χ1v) is 5.48.